The molecule has 0 aliphatic carbocycles. The van der Waals surface area contributed by atoms with Crippen molar-refractivity contribution in [3.05, 3.63) is 35.9 Å². The molecule has 0 radical (unpaired) electrons. The van der Waals surface area contributed by atoms with Gasteiger partial charge in [-0.2, -0.15) is 0 Å². The standard InChI is InChI=1S/C22H32O6/c1-6-15(2)14-20(19-10-8-7-9-11-19)12-13-26-21(24)16(3)28-22(25)17(4)27-18(5)23/h7-11,15-17,20H,6,12-14H2,1-5H3. The molecule has 156 valence electrons. The topological polar surface area (TPSA) is 78.9 Å². The molecule has 0 heterocycles. The Kier molecular flexibility index (Phi) is 10.3. The van der Waals surface area contributed by atoms with Crippen LogP contribution in [0.2, 0.25) is 0 Å². The number of benzene rings is 1. The fourth-order valence-electron chi connectivity index (χ4n) is 2.83. The number of ether oxygens (including phenoxy) is 3. The highest BCUT2D eigenvalue weighted by Crippen LogP contribution is 2.28. The van der Waals surface area contributed by atoms with Crippen molar-refractivity contribution in [2.75, 3.05) is 6.61 Å². The lowest BCUT2D eigenvalue weighted by Crippen LogP contribution is -2.33. The van der Waals surface area contributed by atoms with E-state index in [4.69, 9.17) is 14.2 Å². The van der Waals surface area contributed by atoms with E-state index in [2.05, 4.69) is 26.0 Å². The van der Waals surface area contributed by atoms with Crippen LogP contribution in [-0.2, 0) is 28.6 Å². The number of rotatable bonds is 11. The summed E-state index contributed by atoms with van der Waals surface area (Å²) in [5, 5.41) is 0. The fourth-order valence-corrected chi connectivity index (χ4v) is 2.83. The first-order chi connectivity index (χ1) is 13.2. The zero-order valence-electron chi connectivity index (χ0n) is 17.5. The molecule has 6 heteroatoms. The number of hydrogen-bond donors (Lipinski definition) is 0. The molecule has 0 bridgehead atoms. The van der Waals surface area contributed by atoms with Gasteiger partial charge in [-0.3, -0.25) is 4.79 Å². The van der Waals surface area contributed by atoms with Crippen molar-refractivity contribution >= 4 is 17.9 Å². The zero-order valence-corrected chi connectivity index (χ0v) is 17.5. The summed E-state index contributed by atoms with van der Waals surface area (Å²) in [6, 6.07) is 10.2. The highest BCUT2D eigenvalue weighted by atomic mass is 16.6. The molecule has 6 nitrogen and oxygen atoms in total. The lowest BCUT2D eigenvalue weighted by Gasteiger charge is -2.21. The van der Waals surface area contributed by atoms with Gasteiger partial charge in [0.05, 0.1) is 6.61 Å². The van der Waals surface area contributed by atoms with Crippen molar-refractivity contribution in [2.45, 2.75) is 72.0 Å². The van der Waals surface area contributed by atoms with Gasteiger partial charge in [0.25, 0.3) is 0 Å². The summed E-state index contributed by atoms with van der Waals surface area (Å²) in [5.41, 5.74) is 1.23. The fraction of sp³-hybridized carbons (Fsp3) is 0.591. The summed E-state index contributed by atoms with van der Waals surface area (Å²) in [4.78, 5) is 34.8. The maximum Gasteiger partial charge on any atom is 0.347 e. The minimum absolute atomic E-state index is 0.246. The van der Waals surface area contributed by atoms with Crippen LogP contribution in [0.5, 0.6) is 0 Å². The second kappa shape index (κ2) is 12.2. The molecule has 0 saturated carbocycles. The van der Waals surface area contributed by atoms with Crippen molar-refractivity contribution in [3.63, 3.8) is 0 Å². The molecule has 0 fully saturated rings. The molecule has 0 spiro atoms. The highest BCUT2D eigenvalue weighted by molar-refractivity contribution is 5.82. The van der Waals surface area contributed by atoms with Crippen LogP contribution in [0.25, 0.3) is 0 Å². The van der Waals surface area contributed by atoms with Gasteiger partial charge in [0.2, 0.25) is 0 Å². The van der Waals surface area contributed by atoms with Crippen molar-refractivity contribution in [1.82, 2.24) is 0 Å². The average molecular weight is 392 g/mol. The van der Waals surface area contributed by atoms with Gasteiger partial charge >= 0.3 is 17.9 Å². The van der Waals surface area contributed by atoms with Crippen molar-refractivity contribution in [1.29, 1.82) is 0 Å². The van der Waals surface area contributed by atoms with Gasteiger partial charge in [0, 0.05) is 6.92 Å². The van der Waals surface area contributed by atoms with Gasteiger partial charge < -0.3 is 14.2 Å². The maximum atomic E-state index is 12.1. The molecule has 0 aromatic heterocycles. The minimum Gasteiger partial charge on any atom is -0.463 e. The third kappa shape index (κ3) is 8.55. The van der Waals surface area contributed by atoms with E-state index in [0.29, 0.717) is 18.3 Å². The van der Waals surface area contributed by atoms with Crippen LogP contribution in [-0.4, -0.2) is 36.7 Å². The lowest BCUT2D eigenvalue weighted by atomic mass is 9.86. The van der Waals surface area contributed by atoms with Crippen LogP contribution in [0.3, 0.4) is 0 Å². The molecule has 0 aliphatic heterocycles. The Morgan fingerprint density at radius 2 is 1.54 bits per heavy atom. The van der Waals surface area contributed by atoms with Gasteiger partial charge in [-0.1, -0.05) is 50.6 Å². The van der Waals surface area contributed by atoms with Crippen LogP contribution in [0.15, 0.2) is 30.3 Å². The van der Waals surface area contributed by atoms with Crippen LogP contribution < -0.4 is 0 Å². The second-order valence-electron chi connectivity index (χ2n) is 7.14. The molecule has 0 aliphatic rings. The van der Waals surface area contributed by atoms with Crippen LogP contribution in [0, 0.1) is 5.92 Å². The predicted molar refractivity (Wildman–Crippen MR) is 106 cm³/mol. The highest BCUT2D eigenvalue weighted by Gasteiger charge is 2.25. The second-order valence-corrected chi connectivity index (χ2v) is 7.14. The van der Waals surface area contributed by atoms with Crippen LogP contribution in [0.4, 0.5) is 0 Å². The number of carbonyl (C=O) groups excluding carboxylic acids is 3. The molecule has 1 rings (SSSR count). The molecule has 28 heavy (non-hydrogen) atoms. The average Bonchev–Trinajstić information content (AvgIpc) is 2.66. The van der Waals surface area contributed by atoms with E-state index in [0.717, 1.165) is 12.8 Å². The Morgan fingerprint density at radius 1 is 0.929 bits per heavy atom. The summed E-state index contributed by atoms with van der Waals surface area (Å²) in [6.45, 7) is 8.66. The van der Waals surface area contributed by atoms with E-state index in [-0.39, 0.29) is 6.61 Å². The first-order valence-corrected chi connectivity index (χ1v) is 9.83. The van der Waals surface area contributed by atoms with Gasteiger partial charge in [-0.05, 0) is 44.1 Å². The summed E-state index contributed by atoms with van der Waals surface area (Å²) in [7, 11) is 0. The summed E-state index contributed by atoms with van der Waals surface area (Å²) < 4.78 is 15.1. The summed E-state index contributed by atoms with van der Waals surface area (Å²) in [5.74, 6) is -1.11. The third-order valence-electron chi connectivity index (χ3n) is 4.66. The summed E-state index contributed by atoms with van der Waals surface area (Å²) >= 11 is 0. The van der Waals surface area contributed by atoms with Crippen molar-refractivity contribution < 1.29 is 28.6 Å². The van der Waals surface area contributed by atoms with Crippen LogP contribution in [0.1, 0.15) is 65.4 Å². The molecule has 0 saturated heterocycles. The first-order valence-electron chi connectivity index (χ1n) is 9.83. The van der Waals surface area contributed by atoms with Gasteiger partial charge in [-0.15, -0.1) is 0 Å². The normalized spacial score (nSPS) is 15.0. The zero-order chi connectivity index (χ0) is 21.1. The lowest BCUT2D eigenvalue weighted by molar-refractivity contribution is -0.176. The molecule has 1 aromatic rings. The Balaban J connectivity index is 2.52. The van der Waals surface area contributed by atoms with E-state index in [1.54, 1.807) is 0 Å². The SMILES string of the molecule is CCC(C)CC(CCOC(=O)C(C)OC(=O)C(C)OC(C)=O)c1ccccc1. The molecule has 1 aromatic carbocycles. The number of hydrogen-bond acceptors (Lipinski definition) is 6. The van der Waals surface area contributed by atoms with E-state index >= 15 is 0 Å². The Labute approximate surface area is 167 Å². The Hall–Kier alpha value is -2.37. The molecular formula is C22H32O6. The largest absolute Gasteiger partial charge is 0.463 e. The van der Waals surface area contributed by atoms with Crippen molar-refractivity contribution in [2.24, 2.45) is 5.92 Å². The third-order valence-corrected chi connectivity index (χ3v) is 4.66. The van der Waals surface area contributed by atoms with E-state index in [1.807, 2.05) is 18.2 Å². The molecular weight excluding hydrogens is 360 g/mol. The molecule has 0 N–H and O–H groups in total. The van der Waals surface area contributed by atoms with E-state index in [1.165, 1.54) is 26.3 Å². The monoisotopic (exact) mass is 392 g/mol. The maximum absolute atomic E-state index is 12.1. The van der Waals surface area contributed by atoms with Crippen LogP contribution >= 0.6 is 0 Å². The van der Waals surface area contributed by atoms with Gasteiger partial charge in [0.1, 0.15) is 0 Å². The number of esters is 3. The smallest absolute Gasteiger partial charge is 0.347 e. The predicted octanol–water partition coefficient (Wildman–Crippen LogP) is 4.02. The first kappa shape index (κ1) is 23.7. The quantitative estimate of drug-likeness (QED) is 0.418. The minimum atomic E-state index is -1.06. The van der Waals surface area contributed by atoms with Crippen molar-refractivity contribution in [3.8, 4) is 0 Å². The molecule has 4 unspecified atom stereocenters. The Bertz CT molecular complexity index is 627. The van der Waals surface area contributed by atoms with E-state index in [9.17, 15) is 14.4 Å². The van der Waals surface area contributed by atoms with E-state index < -0.39 is 30.1 Å². The summed E-state index contributed by atoms with van der Waals surface area (Å²) in [6.07, 6.45) is 0.685. The Morgan fingerprint density at radius 3 is 2.11 bits per heavy atom. The molecule has 4 atom stereocenters. The van der Waals surface area contributed by atoms with Gasteiger partial charge in [0.15, 0.2) is 12.2 Å². The molecule has 0 amide bonds. The number of carbonyl (C=O) groups is 3. The van der Waals surface area contributed by atoms with Gasteiger partial charge in [-0.25, -0.2) is 9.59 Å².